The van der Waals surface area contributed by atoms with Gasteiger partial charge in [-0.3, -0.25) is 0 Å². The molecule has 0 aliphatic carbocycles. The SMILES string of the molecule is Cc1ccc(-c2c[c]([Ge]([CH3])[CH3])c(CC(C)C)c[n+]2C)c(C)c1. The first-order valence-corrected chi connectivity index (χ1v) is 13.4. The van der Waals surface area contributed by atoms with E-state index in [4.69, 9.17) is 0 Å². The molecule has 2 rings (SSSR count). The van der Waals surface area contributed by atoms with Crippen molar-refractivity contribution in [1.29, 1.82) is 0 Å². The zero-order valence-electron chi connectivity index (χ0n) is 15.1. The summed E-state index contributed by atoms with van der Waals surface area (Å²) in [5.74, 6) is 5.64. The molecule has 2 aromatic rings. The van der Waals surface area contributed by atoms with Crippen LogP contribution in [0, 0.1) is 19.8 Å². The van der Waals surface area contributed by atoms with E-state index in [0.29, 0.717) is 5.92 Å². The van der Waals surface area contributed by atoms with E-state index in [1.807, 2.05) is 0 Å². The van der Waals surface area contributed by atoms with Crippen LogP contribution in [0.5, 0.6) is 0 Å². The van der Waals surface area contributed by atoms with Gasteiger partial charge in [0, 0.05) is 0 Å². The van der Waals surface area contributed by atoms with Gasteiger partial charge < -0.3 is 0 Å². The topological polar surface area (TPSA) is 3.88 Å². The van der Waals surface area contributed by atoms with Gasteiger partial charge >= 0.3 is 140 Å². The van der Waals surface area contributed by atoms with Gasteiger partial charge in [0.25, 0.3) is 0 Å². The molecule has 0 fully saturated rings. The maximum absolute atomic E-state index is 2.48. The van der Waals surface area contributed by atoms with Crippen molar-refractivity contribution < 1.29 is 4.57 Å². The number of nitrogens with zero attached hydrogens (tertiary/aromatic N) is 1. The third-order valence-electron chi connectivity index (χ3n) is 4.18. The van der Waals surface area contributed by atoms with Gasteiger partial charge in [0.1, 0.15) is 0 Å². The number of aromatic nitrogens is 1. The monoisotopic (exact) mass is 357 g/mol. The number of pyridine rings is 1. The number of hydrogen-bond acceptors (Lipinski definition) is 0. The first-order valence-electron chi connectivity index (χ1n) is 8.20. The third kappa shape index (κ3) is 3.81. The van der Waals surface area contributed by atoms with E-state index in [2.05, 4.69) is 81.3 Å². The van der Waals surface area contributed by atoms with Crippen molar-refractivity contribution in [3.05, 3.63) is 47.2 Å². The fraction of sp³-hybridized carbons (Fsp3) is 0.450. The Morgan fingerprint density at radius 1 is 1.09 bits per heavy atom. The van der Waals surface area contributed by atoms with Crippen molar-refractivity contribution in [2.75, 3.05) is 0 Å². The molecule has 0 atom stereocenters. The Bertz CT molecular complexity index is 672. The average Bonchev–Trinajstić information content (AvgIpc) is 2.39. The number of aryl methyl sites for hydroxylation is 3. The van der Waals surface area contributed by atoms with E-state index in [9.17, 15) is 0 Å². The molecule has 0 N–H and O–H groups in total. The van der Waals surface area contributed by atoms with Crippen LogP contribution < -0.4 is 8.96 Å². The molecule has 2 heteroatoms. The summed E-state index contributed by atoms with van der Waals surface area (Å²) in [5.41, 5.74) is 6.98. The molecule has 0 spiro atoms. The molecule has 0 saturated heterocycles. The van der Waals surface area contributed by atoms with Crippen molar-refractivity contribution in [2.24, 2.45) is 13.0 Å². The summed E-state index contributed by atoms with van der Waals surface area (Å²) in [6, 6.07) is 9.26. The van der Waals surface area contributed by atoms with Gasteiger partial charge in [-0.1, -0.05) is 0 Å². The van der Waals surface area contributed by atoms with Crippen LogP contribution in [0.1, 0.15) is 30.5 Å². The van der Waals surface area contributed by atoms with Crippen LogP contribution in [0.25, 0.3) is 11.3 Å². The molecule has 1 aromatic heterocycles. The third-order valence-corrected chi connectivity index (χ3v) is 7.42. The Hall–Kier alpha value is -1.09. The van der Waals surface area contributed by atoms with Gasteiger partial charge in [-0.2, -0.15) is 0 Å². The number of rotatable bonds is 4. The van der Waals surface area contributed by atoms with Crippen LogP contribution >= 0.6 is 0 Å². The average molecular weight is 356 g/mol. The summed E-state index contributed by atoms with van der Waals surface area (Å²) in [4.78, 5) is 0. The van der Waals surface area contributed by atoms with E-state index in [0.717, 1.165) is 0 Å². The molecule has 1 heterocycles. The second-order valence-electron chi connectivity index (χ2n) is 7.12. The molecule has 1 radical (unpaired) electrons. The van der Waals surface area contributed by atoms with E-state index in [-0.39, 0.29) is 0 Å². The summed E-state index contributed by atoms with van der Waals surface area (Å²) in [6.07, 6.45) is 3.57. The van der Waals surface area contributed by atoms with Crippen LogP contribution in [0.4, 0.5) is 0 Å². The first kappa shape index (κ1) is 17.3. The zero-order valence-corrected chi connectivity index (χ0v) is 17.2. The van der Waals surface area contributed by atoms with Gasteiger partial charge in [0.05, 0.1) is 0 Å². The van der Waals surface area contributed by atoms with Crippen molar-refractivity contribution >= 4 is 18.7 Å². The molecule has 0 bridgehead atoms. The number of hydrogen-bond donors (Lipinski definition) is 0. The predicted molar refractivity (Wildman–Crippen MR) is 98.2 cm³/mol. The number of benzene rings is 1. The van der Waals surface area contributed by atoms with Crippen LogP contribution in [-0.4, -0.2) is 14.3 Å². The predicted octanol–water partition coefficient (Wildman–Crippen LogP) is 3.95. The molecular weight excluding hydrogens is 327 g/mol. The van der Waals surface area contributed by atoms with Crippen molar-refractivity contribution in [1.82, 2.24) is 0 Å². The minimum atomic E-state index is -1.12. The molecule has 117 valence electrons. The fourth-order valence-electron chi connectivity index (χ4n) is 3.14. The Balaban J connectivity index is 2.60. The van der Waals surface area contributed by atoms with Crippen molar-refractivity contribution in [2.45, 2.75) is 45.6 Å². The molecule has 0 saturated carbocycles. The molecule has 1 nitrogen and oxygen atoms in total. The summed E-state index contributed by atoms with van der Waals surface area (Å²) in [6.45, 7) is 9.01. The standard InChI is InChI=1S/C20H29GeN/c1-14(2)10-17-13-22(7)20(12-19(17)21(5)6)18-9-8-15(3)11-16(18)4/h8-9,11-14H,10H2,1-7H3/q+1. The zero-order chi connectivity index (χ0) is 16.4. The van der Waals surface area contributed by atoms with Gasteiger partial charge in [0.2, 0.25) is 0 Å². The summed E-state index contributed by atoms with van der Waals surface area (Å²) < 4.78 is 3.97. The second kappa shape index (κ2) is 6.99. The Morgan fingerprint density at radius 2 is 1.77 bits per heavy atom. The molecule has 22 heavy (non-hydrogen) atoms. The van der Waals surface area contributed by atoms with Crippen LogP contribution in [0.3, 0.4) is 0 Å². The van der Waals surface area contributed by atoms with Crippen LogP contribution in [0.15, 0.2) is 30.5 Å². The van der Waals surface area contributed by atoms with Crippen molar-refractivity contribution in [3.63, 3.8) is 0 Å². The van der Waals surface area contributed by atoms with Gasteiger partial charge in [0.15, 0.2) is 0 Å². The van der Waals surface area contributed by atoms with Gasteiger partial charge in [-0.05, 0) is 0 Å². The molecule has 1 aromatic carbocycles. The fourth-order valence-corrected chi connectivity index (χ4v) is 5.73. The molecule has 0 aliphatic rings. The normalized spacial score (nSPS) is 11.5. The molecular formula is C20H29GeN+. The molecule has 0 unspecified atom stereocenters. The van der Waals surface area contributed by atoms with E-state index >= 15 is 0 Å². The quantitative estimate of drug-likeness (QED) is 0.577. The summed E-state index contributed by atoms with van der Waals surface area (Å²) in [5, 5.41) is 0. The molecule has 0 amide bonds. The summed E-state index contributed by atoms with van der Waals surface area (Å²) in [7, 11) is 2.19. The maximum atomic E-state index is 2.48. The Kier molecular flexibility index (Phi) is 5.49. The van der Waals surface area contributed by atoms with Gasteiger partial charge in [-0.25, -0.2) is 0 Å². The van der Waals surface area contributed by atoms with E-state index in [1.165, 1.54) is 28.8 Å². The Morgan fingerprint density at radius 3 is 2.32 bits per heavy atom. The Labute approximate surface area is 140 Å². The first-order chi connectivity index (χ1) is 10.3. The van der Waals surface area contributed by atoms with Gasteiger partial charge in [-0.15, -0.1) is 0 Å². The van der Waals surface area contributed by atoms with E-state index < -0.39 is 14.3 Å². The second-order valence-corrected chi connectivity index (χ2v) is 12.5. The summed E-state index contributed by atoms with van der Waals surface area (Å²) >= 11 is -1.12. The van der Waals surface area contributed by atoms with Crippen molar-refractivity contribution in [3.8, 4) is 11.3 Å². The van der Waals surface area contributed by atoms with Crippen LogP contribution in [0.2, 0.25) is 11.5 Å². The van der Waals surface area contributed by atoms with E-state index in [1.54, 1.807) is 9.96 Å². The van der Waals surface area contributed by atoms with Crippen LogP contribution in [-0.2, 0) is 13.5 Å². The minimum absolute atomic E-state index is 0.711. The molecule has 0 aliphatic heterocycles.